The molecule has 1 aromatic carbocycles. The predicted octanol–water partition coefficient (Wildman–Crippen LogP) is 3.11. The van der Waals surface area contributed by atoms with Crippen molar-refractivity contribution in [1.82, 2.24) is 15.1 Å². The Kier molecular flexibility index (Phi) is 6.29. The second-order valence-electron chi connectivity index (χ2n) is 6.14. The average molecular weight is 342 g/mol. The maximum absolute atomic E-state index is 13.2. The lowest BCUT2D eigenvalue weighted by molar-refractivity contribution is -0.121. The summed E-state index contributed by atoms with van der Waals surface area (Å²) in [4.78, 5) is 12.1. The molecule has 0 spiro atoms. The fourth-order valence-corrected chi connectivity index (χ4v) is 2.81. The molecule has 1 heterocycles. The summed E-state index contributed by atoms with van der Waals surface area (Å²) in [6.07, 6.45) is 1.39. The quantitative estimate of drug-likeness (QED) is 0.840. The van der Waals surface area contributed by atoms with Gasteiger partial charge in [0.1, 0.15) is 5.82 Å². The molecule has 2 aromatic rings. The van der Waals surface area contributed by atoms with E-state index in [1.54, 1.807) is 19.1 Å². The second kappa shape index (κ2) is 8.43. The summed E-state index contributed by atoms with van der Waals surface area (Å²) in [6.45, 7) is 6.55. The topological polar surface area (TPSA) is 70.7 Å². The van der Waals surface area contributed by atoms with Gasteiger partial charge in [0.05, 0.1) is 24.7 Å². The van der Waals surface area contributed by atoms with Crippen LogP contribution >= 0.6 is 0 Å². The van der Waals surface area contributed by atoms with Gasteiger partial charge in [0.15, 0.2) is 0 Å². The highest BCUT2D eigenvalue weighted by molar-refractivity contribution is 5.76. The Morgan fingerprint density at radius 3 is 2.80 bits per heavy atom. The molecule has 25 heavy (non-hydrogen) atoms. The first kappa shape index (κ1) is 18.7. The van der Waals surface area contributed by atoms with Gasteiger partial charge in [-0.15, -0.1) is 0 Å². The van der Waals surface area contributed by atoms with Gasteiger partial charge in [-0.25, -0.2) is 4.39 Å². The van der Waals surface area contributed by atoms with E-state index in [0.29, 0.717) is 37.9 Å². The van der Waals surface area contributed by atoms with Gasteiger partial charge < -0.3 is 5.32 Å². The second-order valence-corrected chi connectivity index (χ2v) is 6.14. The Bertz CT molecular complexity index is 804. The number of nitriles is 1. The molecule has 0 aliphatic carbocycles. The largest absolute Gasteiger partial charge is 0.352 e. The monoisotopic (exact) mass is 342 g/mol. The fourth-order valence-electron chi connectivity index (χ4n) is 2.81. The molecule has 0 saturated heterocycles. The van der Waals surface area contributed by atoms with Crippen molar-refractivity contribution in [2.24, 2.45) is 0 Å². The zero-order valence-corrected chi connectivity index (χ0v) is 14.9. The third-order valence-electron chi connectivity index (χ3n) is 4.28. The normalized spacial score (nSPS) is 10.5. The predicted molar refractivity (Wildman–Crippen MR) is 93.2 cm³/mol. The highest BCUT2D eigenvalue weighted by atomic mass is 19.1. The number of benzene rings is 1. The van der Waals surface area contributed by atoms with Gasteiger partial charge in [0.25, 0.3) is 0 Å². The summed E-state index contributed by atoms with van der Waals surface area (Å²) < 4.78 is 15.1. The number of nitrogens with zero attached hydrogens (tertiary/aromatic N) is 3. The maximum atomic E-state index is 13.2. The zero-order chi connectivity index (χ0) is 18.4. The first-order valence-corrected chi connectivity index (χ1v) is 8.34. The molecule has 0 fully saturated rings. The van der Waals surface area contributed by atoms with Crippen molar-refractivity contribution in [3.63, 3.8) is 0 Å². The van der Waals surface area contributed by atoms with Gasteiger partial charge in [-0.05, 0) is 49.9 Å². The Hall–Kier alpha value is -2.68. The summed E-state index contributed by atoms with van der Waals surface area (Å²) in [5.74, 6) is -0.292. The number of halogens is 1. The van der Waals surface area contributed by atoms with Crippen LogP contribution in [0.15, 0.2) is 18.2 Å². The number of rotatable bonds is 7. The first-order chi connectivity index (χ1) is 11.9. The molecular formula is C19H23FN4O. The maximum Gasteiger partial charge on any atom is 0.220 e. The van der Waals surface area contributed by atoms with Crippen LogP contribution in [0, 0.1) is 37.9 Å². The molecule has 1 aromatic heterocycles. The van der Waals surface area contributed by atoms with Crippen LogP contribution in [0.2, 0.25) is 0 Å². The molecule has 0 saturated carbocycles. The van der Waals surface area contributed by atoms with Gasteiger partial charge in [-0.3, -0.25) is 9.48 Å². The number of aryl methyl sites for hydroxylation is 3. The number of hydrogen-bond donors (Lipinski definition) is 1. The Morgan fingerprint density at radius 1 is 1.36 bits per heavy atom. The first-order valence-electron chi connectivity index (χ1n) is 8.34. The van der Waals surface area contributed by atoms with Gasteiger partial charge in [0, 0.05) is 18.7 Å². The van der Waals surface area contributed by atoms with E-state index in [1.165, 1.54) is 6.07 Å². The van der Waals surface area contributed by atoms with Crippen molar-refractivity contribution in [2.45, 2.75) is 53.1 Å². The summed E-state index contributed by atoms with van der Waals surface area (Å²) >= 11 is 0. The number of hydrogen-bond acceptors (Lipinski definition) is 3. The lowest BCUT2D eigenvalue weighted by atomic mass is 10.1. The van der Waals surface area contributed by atoms with E-state index in [9.17, 15) is 9.18 Å². The number of amides is 1. The minimum Gasteiger partial charge on any atom is -0.352 e. The van der Waals surface area contributed by atoms with E-state index >= 15 is 0 Å². The van der Waals surface area contributed by atoms with Gasteiger partial charge in [0.2, 0.25) is 5.91 Å². The molecule has 2 rings (SSSR count). The molecule has 0 unspecified atom stereocenters. The van der Waals surface area contributed by atoms with Crippen molar-refractivity contribution in [1.29, 1.82) is 5.26 Å². The summed E-state index contributed by atoms with van der Waals surface area (Å²) in [5.41, 5.74) is 4.42. The number of carbonyl (C=O) groups excluding carboxylic acids is 1. The third-order valence-corrected chi connectivity index (χ3v) is 4.28. The highest BCUT2D eigenvalue weighted by Gasteiger charge is 2.13. The van der Waals surface area contributed by atoms with Crippen molar-refractivity contribution in [3.8, 4) is 6.07 Å². The summed E-state index contributed by atoms with van der Waals surface area (Å²) in [6, 6.07) is 6.95. The summed E-state index contributed by atoms with van der Waals surface area (Å²) in [7, 11) is 0. The smallest absolute Gasteiger partial charge is 0.220 e. The van der Waals surface area contributed by atoms with Crippen molar-refractivity contribution in [2.75, 3.05) is 0 Å². The minimum absolute atomic E-state index is 0.0504. The SMILES string of the molecule is Cc1cc(CNC(=O)CCc2c(C)nn(CCC#N)c2C)ccc1F. The van der Waals surface area contributed by atoms with E-state index in [4.69, 9.17) is 5.26 Å². The van der Waals surface area contributed by atoms with Crippen LogP contribution in [0.4, 0.5) is 4.39 Å². The minimum atomic E-state index is -0.241. The molecule has 1 N–H and O–H groups in total. The number of aromatic nitrogens is 2. The van der Waals surface area contributed by atoms with Crippen LogP contribution < -0.4 is 5.32 Å². The standard InChI is InChI=1S/C19H23FN4O/c1-13-11-16(5-7-18(13)20)12-22-19(25)8-6-17-14(2)23-24(15(17)3)10-4-9-21/h5,7,11H,4,6,8,10,12H2,1-3H3,(H,22,25). The Morgan fingerprint density at radius 2 is 2.12 bits per heavy atom. The van der Waals surface area contributed by atoms with Gasteiger partial charge >= 0.3 is 0 Å². The van der Waals surface area contributed by atoms with Crippen LogP contribution in [0.5, 0.6) is 0 Å². The van der Waals surface area contributed by atoms with Crippen LogP contribution in [0.3, 0.4) is 0 Å². The van der Waals surface area contributed by atoms with Crippen LogP contribution in [0.25, 0.3) is 0 Å². The summed E-state index contributed by atoms with van der Waals surface area (Å²) in [5, 5.41) is 16.0. The average Bonchev–Trinajstić information content (AvgIpc) is 2.85. The van der Waals surface area contributed by atoms with Crippen molar-refractivity contribution in [3.05, 3.63) is 52.1 Å². The van der Waals surface area contributed by atoms with Crippen molar-refractivity contribution >= 4 is 5.91 Å². The van der Waals surface area contributed by atoms with Crippen LogP contribution in [-0.2, 0) is 24.3 Å². The lowest BCUT2D eigenvalue weighted by Gasteiger charge is -2.07. The molecule has 0 aliphatic heterocycles. The van der Waals surface area contributed by atoms with Crippen molar-refractivity contribution < 1.29 is 9.18 Å². The van der Waals surface area contributed by atoms with Gasteiger partial charge in [-0.2, -0.15) is 10.4 Å². The molecule has 0 radical (unpaired) electrons. The zero-order valence-electron chi connectivity index (χ0n) is 14.9. The van der Waals surface area contributed by atoms with Crippen LogP contribution in [0.1, 0.15) is 40.9 Å². The Labute approximate surface area is 147 Å². The molecule has 5 nitrogen and oxygen atoms in total. The molecule has 1 amide bonds. The van der Waals surface area contributed by atoms with E-state index < -0.39 is 0 Å². The van der Waals surface area contributed by atoms with E-state index in [2.05, 4.69) is 16.5 Å². The van der Waals surface area contributed by atoms with E-state index in [-0.39, 0.29) is 11.7 Å². The molecular weight excluding hydrogens is 319 g/mol. The number of carbonyl (C=O) groups is 1. The van der Waals surface area contributed by atoms with E-state index in [1.807, 2.05) is 18.5 Å². The molecule has 0 aliphatic rings. The molecule has 0 bridgehead atoms. The third kappa shape index (κ3) is 4.90. The molecule has 132 valence electrons. The number of nitrogens with one attached hydrogen (secondary N) is 1. The van der Waals surface area contributed by atoms with Crippen LogP contribution in [-0.4, -0.2) is 15.7 Å². The van der Waals surface area contributed by atoms with Gasteiger partial charge in [-0.1, -0.05) is 12.1 Å². The highest BCUT2D eigenvalue weighted by Crippen LogP contribution is 2.16. The lowest BCUT2D eigenvalue weighted by Crippen LogP contribution is -2.23. The molecule has 0 atom stereocenters. The Balaban J connectivity index is 1.88. The van der Waals surface area contributed by atoms with E-state index in [0.717, 1.165) is 22.5 Å². The fraction of sp³-hybridized carbons (Fsp3) is 0.421. The molecule has 6 heteroatoms.